The summed E-state index contributed by atoms with van der Waals surface area (Å²) in [6, 6.07) is 8.54. The highest BCUT2D eigenvalue weighted by molar-refractivity contribution is 5.95. The van der Waals surface area contributed by atoms with E-state index < -0.39 is 5.41 Å². The summed E-state index contributed by atoms with van der Waals surface area (Å²) in [5.41, 5.74) is 1.05. The maximum atomic E-state index is 13.4. The van der Waals surface area contributed by atoms with Gasteiger partial charge in [0.25, 0.3) is 5.91 Å². The molecule has 0 spiro atoms. The number of hydrogen-bond donors (Lipinski definition) is 1. The maximum absolute atomic E-state index is 13.4. The zero-order chi connectivity index (χ0) is 23.0. The molecule has 3 aromatic rings. The fourth-order valence-electron chi connectivity index (χ4n) is 4.29. The van der Waals surface area contributed by atoms with Crippen molar-refractivity contribution in [2.75, 3.05) is 24.6 Å². The number of benzene rings is 1. The van der Waals surface area contributed by atoms with Gasteiger partial charge in [0, 0.05) is 36.3 Å². The number of piperidine rings is 1. The van der Waals surface area contributed by atoms with Crippen LogP contribution in [-0.2, 0) is 5.41 Å². The van der Waals surface area contributed by atoms with E-state index >= 15 is 0 Å². The van der Waals surface area contributed by atoms with Crippen LogP contribution < -0.4 is 4.90 Å². The third-order valence-electron chi connectivity index (χ3n) is 6.57. The summed E-state index contributed by atoms with van der Waals surface area (Å²) in [6.45, 7) is 5.20. The standard InChI is InChI=1S/C24H29N5O4/c1-24(2,14-30)22-26-23(33-27-22)28-11-9-19(10-12-28)29(18-7-8-18)21(31)17-5-3-16(4-6-17)20-13-25-15-32-20/h3-6,13,15,18-19,30H,7-12,14H2,1-2H3. The van der Waals surface area contributed by atoms with E-state index in [1.165, 1.54) is 6.39 Å². The van der Waals surface area contributed by atoms with Crippen LogP contribution in [0.3, 0.4) is 0 Å². The number of amides is 1. The third kappa shape index (κ3) is 4.37. The Morgan fingerprint density at radius 2 is 1.85 bits per heavy atom. The lowest BCUT2D eigenvalue weighted by molar-refractivity contribution is 0.0629. The van der Waals surface area contributed by atoms with Gasteiger partial charge in [-0.25, -0.2) is 4.98 Å². The molecule has 3 heterocycles. The molecule has 1 aliphatic heterocycles. The van der Waals surface area contributed by atoms with Crippen LogP contribution in [0.25, 0.3) is 11.3 Å². The number of aliphatic hydroxyl groups excluding tert-OH is 1. The van der Waals surface area contributed by atoms with Crippen molar-refractivity contribution in [3.05, 3.63) is 48.2 Å². The van der Waals surface area contributed by atoms with Gasteiger partial charge in [-0.3, -0.25) is 4.79 Å². The first-order valence-electron chi connectivity index (χ1n) is 11.5. The molecule has 0 atom stereocenters. The summed E-state index contributed by atoms with van der Waals surface area (Å²) >= 11 is 0. The SMILES string of the molecule is CC(C)(CO)c1noc(N2CCC(N(C(=O)c3ccc(-c4cnco4)cc3)C3CC3)CC2)n1. The number of anilines is 1. The number of aliphatic hydroxyl groups is 1. The van der Waals surface area contributed by atoms with Gasteiger partial charge in [0.2, 0.25) is 0 Å². The molecule has 1 aliphatic carbocycles. The first-order valence-corrected chi connectivity index (χ1v) is 11.5. The van der Waals surface area contributed by atoms with Gasteiger partial charge in [-0.15, -0.1) is 0 Å². The third-order valence-corrected chi connectivity index (χ3v) is 6.57. The van der Waals surface area contributed by atoms with Gasteiger partial charge < -0.3 is 23.8 Å². The lowest BCUT2D eigenvalue weighted by Crippen LogP contribution is -2.48. The fourth-order valence-corrected chi connectivity index (χ4v) is 4.29. The summed E-state index contributed by atoms with van der Waals surface area (Å²) in [6.07, 6.45) is 6.88. The average Bonchev–Trinajstić information content (AvgIpc) is 3.29. The molecular formula is C24H29N5O4. The zero-order valence-corrected chi connectivity index (χ0v) is 19.0. The van der Waals surface area contributed by atoms with Crippen molar-refractivity contribution in [3.63, 3.8) is 0 Å². The van der Waals surface area contributed by atoms with Crippen LogP contribution in [-0.4, -0.2) is 62.8 Å². The van der Waals surface area contributed by atoms with Crippen LogP contribution in [0.2, 0.25) is 0 Å². The normalized spacial score (nSPS) is 17.4. The number of oxazole rings is 1. The van der Waals surface area contributed by atoms with E-state index in [2.05, 4.69) is 24.9 Å². The minimum atomic E-state index is -0.543. The molecule has 2 aromatic heterocycles. The monoisotopic (exact) mass is 451 g/mol. The molecule has 1 saturated carbocycles. The maximum Gasteiger partial charge on any atom is 0.324 e. The predicted octanol–water partition coefficient (Wildman–Crippen LogP) is 3.27. The van der Waals surface area contributed by atoms with Crippen LogP contribution in [0.5, 0.6) is 0 Å². The zero-order valence-electron chi connectivity index (χ0n) is 19.0. The van der Waals surface area contributed by atoms with Crippen LogP contribution in [0.15, 0.2) is 45.8 Å². The second kappa shape index (κ2) is 8.62. The van der Waals surface area contributed by atoms with Crippen LogP contribution in [0.4, 0.5) is 6.01 Å². The number of hydrogen-bond acceptors (Lipinski definition) is 8. The summed E-state index contributed by atoms with van der Waals surface area (Å²) in [5, 5.41) is 13.6. The second-order valence-electron chi connectivity index (χ2n) is 9.55. The summed E-state index contributed by atoms with van der Waals surface area (Å²) < 4.78 is 10.8. The van der Waals surface area contributed by atoms with Gasteiger partial charge in [0.1, 0.15) is 0 Å². The fraction of sp³-hybridized carbons (Fsp3) is 0.500. The Morgan fingerprint density at radius 1 is 1.15 bits per heavy atom. The quantitative estimate of drug-likeness (QED) is 0.583. The smallest absolute Gasteiger partial charge is 0.324 e. The van der Waals surface area contributed by atoms with Gasteiger partial charge in [-0.1, -0.05) is 31.1 Å². The molecule has 1 N–H and O–H groups in total. The molecular weight excluding hydrogens is 422 g/mol. The van der Waals surface area contributed by atoms with Gasteiger partial charge in [-0.2, -0.15) is 4.98 Å². The van der Waals surface area contributed by atoms with Crippen LogP contribution in [0.1, 0.15) is 55.7 Å². The number of rotatable bonds is 7. The van der Waals surface area contributed by atoms with E-state index in [9.17, 15) is 9.90 Å². The lowest BCUT2D eigenvalue weighted by atomic mass is 9.94. The number of carbonyl (C=O) groups is 1. The predicted molar refractivity (Wildman–Crippen MR) is 121 cm³/mol. The Bertz CT molecular complexity index is 1080. The Morgan fingerprint density at radius 3 is 2.45 bits per heavy atom. The lowest BCUT2D eigenvalue weighted by Gasteiger charge is -2.38. The van der Waals surface area contributed by atoms with E-state index in [0.29, 0.717) is 29.2 Å². The molecule has 0 bridgehead atoms. The van der Waals surface area contributed by atoms with Crippen molar-refractivity contribution in [1.29, 1.82) is 0 Å². The molecule has 9 heteroatoms. The van der Waals surface area contributed by atoms with Gasteiger partial charge in [-0.05, 0) is 37.8 Å². The highest BCUT2D eigenvalue weighted by Crippen LogP contribution is 2.34. The topological polar surface area (TPSA) is 109 Å². The van der Waals surface area contributed by atoms with Crippen molar-refractivity contribution in [2.45, 2.75) is 57.0 Å². The minimum absolute atomic E-state index is 0.0497. The summed E-state index contributed by atoms with van der Waals surface area (Å²) in [4.78, 5) is 26.0. The Labute approximate surface area is 192 Å². The second-order valence-corrected chi connectivity index (χ2v) is 9.55. The van der Waals surface area contributed by atoms with Crippen molar-refractivity contribution >= 4 is 11.9 Å². The van der Waals surface area contributed by atoms with Gasteiger partial charge in [0.05, 0.1) is 18.2 Å². The number of aromatic nitrogens is 3. The molecule has 0 unspecified atom stereocenters. The minimum Gasteiger partial charge on any atom is -0.444 e. The van der Waals surface area contributed by atoms with Crippen LogP contribution >= 0.6 is 0 Å². The molecule has 2 aliphatic rings. The van der Waals surface area contributed by atoms with Crippen molar-refractivity contribution in [2.24, 2.45) is 0 Å². The van der Waals surface area contributed by atoms with E-state index in [-0.39, 0.29) is 18.6 Å². The molecule has 0 radical (unpaired) electrons. The van der Waals surface area contributed by atoms with Gasteiger partial charge >= 0.3 is 6.01 Å². The summed E-state index contributed by atoms with van der Waals surface area (Å²) in [7, 11) is 0. The van der Waals surface area contributed by atoms with E-state index in [0.717, 1.165) is 44.3 Å². The molecule has 5 rings (SSSR count). The Kier molecular flexibility index (Phi) is 5.65. The molecule has 2 fully saturated rings. The largest absolute Gasteiger partial charge is 0.444 e. The first kappa shape index (κ1) is 21.6. The first-order chi connectivity index (χ1) is 16.0. The molecule has 1 amide bonds. The molecule has 9 nitrogen and oxygen atoms in total. The van der Waals surface area contributed by atoms with E-state index in [1.54, 1.807) is 6.20 Å². The van der Waals surface area contributed by atoms with E-state index in [1.807, 2.05) is 38.1 Å². The molecule has 1 saturated heterocycles. The highest BCUT2D eigenvalue weighted by atomic mass is 16.5. The van der Waals surface area contributed by atoms with Gasteiger partial charge in [0.15, 0.2) is 18.0 Å². The molecule has 1 aromatic carbocycles. The van der Waals surface area contributed by atoms with Crippen molar-refractivity contribution in [1.82, 2.24) is 20.0 Å². The van der Waals surface area contributed by atoms with E-state index in [4.69, 9.17) is 8.94 Å². The van der Waals surface area contributed by atoms with Crippen LogP contribution in [0, 0.1) is 0 Å². The highest BCUT2D eigenvalue weighted by Gasteiger charge is 2.39. The number of nitrogens with zero attached hydrogens (tertiary/aromatic N) is 5. The van der Waals surface area contributed by atoms with Crippen molar-refractivity contribution in [3.8, 4) is 11.3 Å². The average molecular weight is 452 g/mol. The molecule has 174 valence electrons. The molecule has 33 heavy (non-hydrogen) atoms. The Hall–Kier alpha value is -3.20. The summed E-state index contributed by atoms with van der Waals surface area (Å²) in [5.74, 6) is 1.28. The Balaban J connectivity index is 1.25. The van der Waals surface area contributed by atoms with Crippen molar-refractivity contribution < 1.29 is 18.8 Å². The number of carbonyl (C=O) groups excluding carboxylic acids is 1.